The van der Waals surface area contributed by atoms with Gasteiger partial charge in [-0.25, -0.2) is 9.59 Å². The fraction of sp³-hybridized carbons (Fsp3) is 0.429. The van der Waals surface area contributed by atoms with Gasteiger partial charge in [0.2, 0.25) is 0 Å². The molecule has 7 heteroatoms. The number of halogens is 1. The summed E-state index contributed by atoms with van der Waals surface area (Å²) < 4.78 is 0. The van der Waals surface area contributed by atoms with Gasteiger partial charge < -0.3 is 20.4 Å². The zero-order valence-electron chi connectivity index (χ0n) is 11.6. The average Bonchev–Trinajstić information content (AvgIpc) is 2.36. The van der Waals surface area contributed by atoms with Crippen LogP contribution in [0.25, 0.3) is 0 Å². The largest absolute Gasteiger partial charge is 0.478 e. The second kappa shape index (κ2) is 5.91. The minimum Gasteiger partial charge on any atom is -0.478 e. The predicted octanol–water partition coefficient (Wildman–Crippen LogP) is 2.42. The van der Waals surface area contributed by atoms with Crippen molar-refractivity contribution in [3.05, 3.63) is 28.8 Å². The fourth-order valence-electron chi connectivity index (χ4n) is 2.38. The second-order valence-corrected chi connectivity index (χ2v) is 5.92. The molecule has 114 valence electrons. The monoisotopic (exact) mass is 312 g/mol. The third-order valence-corrected chi connectivity index (χ3v) is 3.58. The lowest BCUT2D eigenvalue weighted by Gasteiger charge is -2.36. The molecule has 0 radical (unpaired) electrons. The van der Waals surface area contributed by atoms with Gasteiger partial charge in [0.05, 0.1) is 17.7 Å². The molecule has 1 saturated heterocycles. The number of amides is 2. The van der Waals surface area contributed by atoms with Crippen LogP contribution in [0.5, 0.6) is 0 Å². The van der Waals surface area contributed by atoms with Gasteiger partial charge >= 0.3 is 12.0 Å². The second-order valence-electron chi connectivity index (χ2n) is 5.49. The molecule has 2 amide bonds. The summed E-state index contributed by atoms with van der Waals surface area (Å²) in [4.78, 5) is 24.6. The first-order chi connectivity index (χ1) is 9.77. The molecule has 6 nitrogen and oxygen atoms in total. The lowest BCUT2D eigenvalue weighted by atomic mass is 9.95. The molecule has 1 aromatic rings. The van der Waals surface area contributed by atoms with Gasteiger partial charge in [-0.2, -0.15) is 0 Å². The van der Waals surface area contributed by atoms with E-state index >= 15 is 0 Å². The first kappa shape index (κ1) is 15.6. The highest BCUT2D eigenvalue weighted by Gasteiger charge is 2.31. The third-order valence-electron chi connectivity index (χ3n) is 3.36. The van der Waals surface area contributed by atoms with Crippen molar-refractivity contribution < 1.29 is 19.8 Å². The van der Waals surface area contributed by atoms with E-state index in [2.05, 4.69) is 5.32 Å². The molecule has 0 spiro atoms. The quantitative estimate of drug-likeness (QED) is 0.782. The first-order valence-corrected chi connectivity index (χ1v) is 6.97. The Labute approximate surface area is 127 Å². The number of hydrogen-bond donors (Lipinski definition) is 3. The number of carbonyl (C=O) groups excluding carboxylic acids is 1. The van der Waals surface area contributed by atoms with Crippen LogP contribution in [0.4, 0.5) is 10.5 Å². The van der Waals surface area contributed by atoms with Crippen LogP contribution in [0.3, 0.4) is 0 Å². The van der Waals surface area contributed by atoms with Gasteiger partial charge in [-0.05, 0) is 38.0 Å². The number of hydrogen-bond acceptors (Lipinski definition) is 3. The summed E-state index contributed by atoms with van der Waals surface area (Å²) in [5.41, 5.74) is -0.575. The lowest BCUT2D eigenvalue weighted by Crippen LogP contribution is -2.49. The standard InChI is InChI=1S/C14H17ClN2O4/c1-14(21)3-2-4-17(8-14)13(20)16-11-6-9(12(18)19)5-10(15)7-11/h5-7,21H,2-4,8H2,1H3,(H,16,20)(H,18,19). The maximum absolute atomic E-state index is 12.2. The molecule has 1 heterocycles. The van der Waals surface area contributed by atoms with Crippen molar-refractivity contribution in [1.29, 1.82) is 0 Å². The number of piperidine rings is 1. The Balaban J connectivity index is 2.11. The molecule has 1 aromatic carbocycles. The fourth-order valence-corrected chi connectivity index (χ4v) is 2.62. The number of anilines is 1. The number of carboxylic acid groups (broad SMARTS) is 1. The van der Waals surface area contributed by atoms with Gasteiger partial charge in [0.15, 0.2) is 0 Å². The van der Waals surface area contributed by atoms with E-state index in [-0.39, 0.29) is 23.2 Å². The molecule has 3 N–H and O–H groups in total. The number of carboxylic acids is 1. The van der Waals surface area contributed by atoms with Gasteiger partial charge in [0, 0.05) is 17.3 Å². The molecule has 21 heavy (non-hydrogen) atoms. The Bertz CT molecular complexity index is 574. The van der Waals surface area contributed by atoms with Gasteiger partial charge in [-0.1, -0.05) is 11.6 Å². The summed E-state index contributed by atoms with van der Waals surface area (Å²) in [7, 11) is 0. The van der Waals surface area contributed by atoms with Crippen LogP contribution in [-0.2, 0) is 0 Å². The van der Waals surface area contributed by atoms with Gasteiger partial charge in [-0.3, -0.25) is 0 Å². The number of nitrogens with zero attached hydrogens (tertiary/aromatic N) is 1. The van der Waals surface area contributed by atoms with Crippen LogP contribution in [-0.4, -0.2) is 45.8 Å². The minimum atomic E-state index is -1.12. The van der Waals surface area contributed by atoms with Crippen molar-refractivity contribution in [2.75, 3.05) is 18.4 Å². The maximum atomic E-state index is 12.2. The number of likely N-dealkylation sites (tertiary alicyclic amines) is 1. The number of aliphatic hydroxyl groups is 1. The van der Waals surface area contributed by atoms with Gasteiger partial charge in [-0.15, -0.1) is 0 Å². The van der Waals surface area contributed by atoms with E-state index in [1.165, 1.54) is 23.1 Å². The van der Waals surface area contributed by atoms with Crippen LogP contribution in [0.2, 0.25) is 5.02 Å². The van der Waals surface area contributed by atoms with Crippen LogP contribution < -0.4 is 5.32 Å². The zero-order chi connectivity index (χ0) is 15.6. The Morgan fingerprint density at radius 3 is 2.71 bits per heavy atom. The normalized spacial score (nSPS) is 22.0. The van der Waals surface area contributed by atoms with E-state index in [1.807, 2.05) is 0 Å². The van der Waals surface area contributed by atoms with E-state index in [0.717, 1.165) is 6.42 Å². The topological polar surface area (TPSA) is 89.9 Å². The number of urea groups is 1. The van der Waals surface area contributed by atoms with Crippen molar-refractivity contribution in [2.45, 2.75) is 25.4 Å². The predicted molar refractivity (Wildman–Crippen MR) is 78.9 cm³/mol. The van der Waals surface area contributed by atoms with E-state index in [1.54, 1.807) is 6.92 Å². The van der Waals surface area contributed by atoms with E-state index in [4.69, 9.17) is 16.7 Å². The van der Waals surface area contributed by atoms with Crippen molar-refractivity contribution in [1.82, 2.24) is 4.90 Å². The Kier molecular flexibility index (Phi) is 4.39. The SMILES string of the molecule is CC1(O)CCCN(C(=O)Nc2cc(Cl)cc(C(=O)O)c2)C1. The number of rotatable bonds is 2. The summed E-state index contributed by atoms with van der Waals surface area (Å²) in [5.74, 6) is -1.12. The smallest absolute Gasteiger partial charge is 0.335 e. The first-order valence-electron chi connectivity index (χ1n) is 6.59. The Hall–Kier alpha value is -1.79. The molecule has 0 aliphatic carbocycles. The van der Waals surface area contributed by atoms with Gasteiger partial charge in [0.25, 0.3) is 0 Å². The molecule has 1 aliphatic heterocycles. The van der Waals surface area contributed by atoms with Crippen molar-refractivity contribution in [2.24, 2.45) is 0 Å². The summed E-state index contributed by atoms with van der Waals surface area (Å²) >= 11 is 5.84. The molecule has 0 saturated carbocycles. The van der Waals surface area contributed by atoms with E-state index < -0.39 is 11.6 Å². The Morgan fingerprint density at radius 1 is 1.38 bits per heavy atom. The van der Waals surface area contributed by atoms with Crippen molar-refractivity contribution in [3.63, 3.8) is 0 Å². The maximum Gasteiger partial charge on any atom is 0.335 e. The summed E-state index contributed by atoms with van der Waals surface area (Å²) in [6.07, 6.45) is 1.37. The van der Waals surface area contributed by atoms with E-state index in [9.17, 15) is 14.7 Å². The number of carbonyl (C=O) groups is 2. The van der Waals surface area contributed by atoms with E-state index in [0.29, 0.717) is 18.7 Å². The van der Waals surface area contributed by atoms with Crippen molar-refractivity contribution in [3.8, 4) is 0 Å². The third kappa shape index (κ3) is 4.09. The van der Waals surface area contributed by atoms with Crippen LogP contribution >= 0.6 is 11.6 Å². The molecular weight excluding hydrogens is 296 g/mol. The zero-order valence-corrected chi connectivity index (χ0v) is 12.4. The van der Waals surface area contributed by atoms with Crippen LogP contribution in [0.15, 0.2) is 18.2 Å². The molecule has 1 unspecified atom stereocenters. The highest BCUT2D eigenvalue weighted by Crippen LogP contribution is 2.23. The van der Waals surface area contributed by atoms with Crippen LogP contribution in [0, 0.1) is 0 Å². The minimum absolute atomic E-state index is 0.00319. The molecular formula is C14H17ClN2O4. The van der Waals surface area contributed by atoms with Crippen LogP contribution in [0.1, 0.15) is 30.1 Å². The lowest BCUT2D eigenvalue weighted by molar-refractivity contribution is -0.000636. The Morgan fingerprint density at radius 2 is 2.10 bits per heavy atom. The number of β-amino-alcohol motifs (C(OH)–C–C–N with tert-alkyl or cyclic N) is 1. The molecule has 0 bridgehead atoms. The van der Waals surface area contributed by atoms with Gasteiger partial charge in [0.1, 0.15) is 0 Å². The number of nitrogens with one attached hydrogen (secondary N) is 1. The molecule has 1 atom stereocenters. The molecule has 1 aliphatic rings. The molecule has 0 aromatic heterocycles. The summed E-state index contributed by atoms with van der Waals surface area (Å²) in [6.45, 7) is 2.48. The number of benzene rings is 1. The number of aromatic carboxylic acids is 1. The molecule has 1 fully saturated rings. The molecule has 2 rings (SSSR count). The summed E-state index contributed by atoms with van der Waals surface area (Å²) in [6, 6.07) is 3.75. The average molecular weight is 313 g/mol. The van der Waals surface area contributed by atoms with Crippen molar-refractivity contribution >= 4 is 29.3 Å². The highest BCUT2D eigenvalue weighted by atomic mass is 35.5. The summed E-state index contributed by atoms with van der Waals surface area (Å²) in [5, 5.41) is 21.8. The highest BCUT2D eigenvalue weighted by molar-refractivity contribution is 6.31.